The molecule has 0 saturated carbocycles. The molecule has 16 heavy (non-hydrogen) atoms. The molecule has 0 aromatic heterocycles. The molecule has 0 radical (unpaired) electrons. The molecule has 0 unspecified atom stereocenters. The maximum atomic E-state index is 10.7. The summed E-state index contributed by atoms with van der Waals surface area (Å²) in [6.07, 6.45) is 0. The lowest BCUT2D eigenvalue weighted by molar-refractivity contribution is -0.141. The number of ether oxygens (including phenoxy) is 2. The number of hydrogen-bond donors (Lipinski definition) is 0. The standard InChI is InChI=1S/C12H14O4/c1-7-8(2)12(6-16-10(4)14)11(7)5-15-9(3)13/h1-2,5-6H2,3-4H3. The Morgan fingerprint density at radius 2 is 1.25 bits per heavy atom. The third-order valence-corrected chi connectivity index (χ3v) is 2.30. The zero-order valence-electron chi connectivity index (χ0n) is 9.46. The number of carbonyl (C=O) groups excluding carboxylic acids is 2. The van der Waals surface area contributed by atoms with Crippen LogP contribution in [0.1, 0.15) is 13.8 Å². The Morgan fingerprint density at radius 3 is 1.50 bits per heavy atom. The van der Waals surface area contributed by atoms with E-state index < -0.39 is 0 Å². The molecule has 1 rings (SSSR count). The Morgan fingerprint density at radius 1 is 0.938 bits per heavy atom. The topological polar surface area (TPSA) is 52.6 Å². The van der Waals surface area contributed by atoms with Crippen LogP contribution in [0.5, 0.6) is 0 Å². The van der Waals surface area contributed by atoms with Gasteiger partial charge < -0.3 is 9.47 Å². The molecule has 0 atom stereocenters. The quantitative estimate of drug-likeness (QED) is 0.677. The van der Waals surface area contributed by atoms with Gasteiger partial charge >= 0.3 is 11.9 Å². The van der Waals surface area contributed by atoms with Crippen molar-refractivity contribution < 1.29 is 19.1 Å². The molecule has 0 heterocycles. The summed E-state index contributed by atoms with van der Waals surface area (Å²) in [6.45, 7) is 10.6. The van der Waals surface area contributed by atoms with E-state index in [4.69, 9.17) is 9.47 Å². The summed E-state index contributed by atoms with van der Waals surface area (Å²) < 4.78 is 9.72. The van der Waals surface area contributed by atoms with Gasteiger partial charge in [-0.1, -0.05) is 13.2 Å². The number of esters is 2. The molecule has 0 aromatic carbocycles. The van der Waals surface area contributed by atoms with Crippen LogP contribution < -0.4 is 0 Å². The molecule has 4 nitrogen and oxygen atoms in total. The van der Waals surface area contributed by atoms with Crippen LogP contribution >= 0.6 is 0 Å². The van der Waals surface area contributed by atoms with E-state index in [0.717, 1.165) is 22.3 Å². The van der Waals surface area contributed by atoms with E-state index in [1.54, 1.807) is 0 Å². The summed E-state index contributed by atoms with van der Waals surface area (Å²) in [5, 5.41) is 0. The first kappa shape index (κ1) is 12.2. The summed E-state index contributed by atoms with van der Waals surface area (Å²) in [4.78, 5) is 21.3. The summed E-state index contributed by atoms with van der Waals surface area (Å²) in [5.41, 5.74) is 3.09. The van der Waals surface area contributed by atoms with Crippen LogP contribution in [0.2, 0.25) is 0 Å². The minimum Gasteiger partial charge on any atom is -0.461 e. The third-order valence-electron chi connectivity index (χ3n) is 2.30. The molecule has 0 aromatic rings. The van der Waals surface area contributed by atoms with E-state index in [1.165, 1.54) is 13.8 Å². The Labute approximate surface area is 94.2 Å². The average molecular weight is 222 g/mol. The normalized spacial score (nSPS) is 14.6. The maximum absolute atomic E-state index is 10.7. The van der Waals surface area contributed by atoms with Crippen molar-refractivity contribution in [2.75, 3.05) is 13.2 Å². The van der Waals surface area contributed by atoms with Gasteiger partial charge in [0.1, 0.15) is 13.2 Å². The lowest BCUT2D eigenvalue weighted by Gasteiger charge is -2.28. The summed E-state index contributed by atoms with van der Waals surface area (Å²) in [7, 11) is 0. The van der Waals surface area contributed by atoms with E-state index in [9.17, 15) is 9.59 Å². The molecule has 1 aliphatic rings. The van der Waals surface area contributed by atoms with Gasteiger partial charge in [-0.25, -0.2) is 0 Å². The Kier molecular flexibility index (Phi) is 3.66. The van der Waals surface area contributed by atoms with Gasteiger partial charge in [0.05, 0.1) is 0 Å². The van der Waals surface area contributed by atoms with Crippen molar-refractivity contribution in [2.24, 2.45) is 0 Å². The molecule has 0 amide bonds. The SMILES string of the molecule is C=C1C(=C)C(COC(C)=O)=C1COC(C)=O. The Bertz CT molecular complexity index is 363. The third kappa shape index (κ3) is 2.59. The summed E-state index contributed by atoms with van der Waals surface area (Å²) >= 11 is 0. The molecule has 0 aliphatic heterocycles. The Hall–Kier alpha value is -1.84. The first-order valence-electron chi connectivity index (χ1n) is 4.81. The minimum atomic E-state index is -0.357. The van der Waals surface area contributed by atoms with Gasteiger partial charge in [0, 0.05) is 25.0 Å². The molecule has 0 spiro atoms. The summed E-state index contributed by atoms with van der Waals surface area (Å²) in [5.74, 6) is -0.714. The van der Waals surface area contributed by atoms with Gasteiger partial charge in [-0.3, -0.25) is 9.59 Å². The molecule has 0 saturated heterocycles. The number of carbonyl (C=O) groups is 2. The van der Waals surface area contributed by atoms with Crippen LogP contribution in [0.25, 0.3) is 0 Å². The molecule has 0 N–H and O–H groups in total. The van der Waals surface area contributed by atoms with Crippen molar-refractivity contribution in [2.45, 2.75) is 13.8 Å². The fourth-order valence-corrected chi connectivity index (χ4v) is 1.36. The molecule has 0 bridgehead atoms. The first-order valence-corrected chi connectivity index (χ1v) is 4.81. The van der Waals surface area contributed by atoms with Crippen LogP contribution in [0.4, 0.5) is 0 Å². The van der Waals surface area contributed by atoms with Crippen LogP contribution in [0.15, 0.2) is 35.5 Å². The van der Waals surface area contributed by atoms with Gasteiger partial charge in [-0.15, -0.1) is 0 Å². The molecular formula is C12H14O4. The number of rotatable bonds is 4. The first-order chi connectivity index (χ1) is 7.43. The average Bonchev–Trinajstić information content (AvgIpc) is 2.20. The molecular weight excluding hydrogens is 208 g/mol. The smallest absolute Gasteiger partial charge is 0.302 e. The van der Waals surface area contributed by atoms with Gasteiger partial charge in [-0.2, -0.15) is 0 Å². The van der Waals surface area contributed by atoms with E-state index in [1.807, 2.05) is 0 Å². The summed E-state index contributed by atoms with van der Waals surface area (Å²) in [6, 6.07) is 0. The largest absolute Gasteiger partial charge is 0.461 e. The second-order valence-electron chi connectivity index (χ2n) is 3.47. The van der Waals surface area contributed by atoms with Gasteiger partial charge in [0.15, 0.2) is 0 Å². The zero-order valence-corrected chi connectivity index (χ0v) is 9.46. The molecule has 0 fully saturated rings. The van der Waals surface area contributed by atoms with Crippen LogP contribution in [0, 0.1) is 0 Å². The van der Waals surface area contributed by atoms with Crippen molar-refractivity contribution in [1.82, 2.24) is 0 Å². The van der Waals surface area contributed by atoms with Crippen molar-refractivity contribution in [3.05, 3.63) is 35.5 Å². The monoisotopic (exact) mass is 222 g/mol. The van der Waals surface area contributed by atoms with Crippen molar-refractivity contribution in [1.29, 1.82) is 0 Å². The predicted octanol–water partition coefficient (Wildman–Crippen LogP) is 1.54. The highest BCUT2D eigenvalue weighted by atomic mass is 16.5. The highest BCUT2D eigenvalue weighted by Gasteiger charge is 2.27. The molecule has 1 aliphatic carbocycles. The second-order valence-corrected chi connectivity index (χ2v) is 3.47. The minimum absolute atomic E-state index is 0.157. The van der Waals surface area contributed by atoms with Crippen molar-refractivity contribution >= 4 is 11.9 Å². The van der Waals surface area contributed by atoms with E-state index >= 15 is 0 Å². The van der Waals surface area contributed by atoms with E-state index in [-0.39, 0.29) is 25.2 Å². The van der Waals surface area contributed by atoms with Gasteiger partial charge in [-0.05, 0) is 11.1 Å². The van der Waals surface area contributed by atoms with E-state index in [0.29, 0.717) is 0 Å². The van der Waals surface area contributed by atoms with Crippen LogP contribution in [-0.2, 0) is 19.1 Å². The van der Waals surface area contributed by atoms with Crippen LogP contribution in [-0.4, -0.2) is 25.2 Å². The maximum Gasteiger partial charge on any atom is 0.302 e. The highest BCUT2D eigenvalue weighted by molar-refractivity contribution is 5.72. The van der Waals surface area contributed by atoms with E-state index in [2.05, 4.69) is 13.2 Å². The molecule has 86 valence electrons. The fraction of sp³-hybridized carbons (Fsp3) is 0.333. The lowest BCUT2D eigenvalue weighted by Crippen LogP contribution is -2.21. The zero-order chi connectivity index (χ0) is 12.3. The van der Waals surface area contributed by atoms with Crippen LogP contribution in [0.3, 0.4) is 0 Å². The highest BCUT2D eigenvalue weighted by Crippen LogP contribution is 2.37. The lowest BCUT2D eigenvalue weighted by atomic mass is 9.80. The van der Waals surface area contributed by atoms with Gasteiger partial charge in [0.25, 0.3) is 0 Å². The number of hydrogen-bond acceptors (Lipinski definition) is 4. The predicted molar refractivity (Wildman–Crippen MR) is 58.6 cm³/mol. The van der Waals surface area contributed by atoms with Gasteiger partial charge in [0.2, 0.25) is 0 Å². The fourth-order valence-electron chi connectivity index (χ4n) is 1.36. The second kappa shape index (κ2) is 4.79. The Balaban J connectivity index is 2.67. The molecule has 4 heteroatoms. The van der Waals surface area contributed by atoms with Crippen molar-refractivity contribution in [3.63, 3.8) is 0 Å². The van der Waals surface area contributed by atoms with Crippen molar-refractivity contribution in [3.8, 4) is 0 Å².